The van der Waals surface area contributed by atoms with Crippen molar-refractivity contribution >= 4 is 46.0 Å². The average Bonchev–Trinajstić information content (AvgIpc) is 3.01. The number of halogens is 2. The number of benzene rings is 1. The highest BCUT2D eigenvalue weighted by molar-refractivity contribution is 14.1. The Labute approximate surface area is 169 Å². The van der Waals surface area contributed by atoms with Gasteiger partial charge in [-0.1, -0.05) is 24.6 Å². The smallest absolute Gasteiger partial charge is 0.250 e. The lowest BCUT2D eigenvalue weighted by molar-refractivity contribution is 0.0999. The second kappa shape index (κ2) is 7.63. The summed E-state index contributed by atoms with van der Waals surface area (Å²) in [4.78, 5) is 23.5. The Kier molecular flexibility index (Phi) is 5.47. The zero-order valence-electron chi connectivity index (χ0n) is 14.0. The van der Waals surface area contributed by atoms with E-state index in [9.17, 15) is 4.79 Å². The van der Waals surface area contributed by atoms with Crippen molar-refractivity contribution in [2.75, 3.05) is 5.73 Å². The van der Waals surface area contributed by atoms with Crippen LogP contribution in [0.2, 0.25) is 5.02 Å². The van der Waals surface area contributed by atoms with Gasteiger partial charge in [-0.2, -0.15) is 0 Å². The van der Waals surface area contributed by atoms with E-state index in [2.05, 4.69) is 44.5 Å². The first-order valence-corrected chi connectivity index (χ1v) is 9.42. The number of nitrogens with one attached hydrogen (secondary N) is 1. The molecule has 3 aromatic rings. The van der Waals surface area contributed by atoms with Gasteiger partial charge >= 0.3 is 0 Å². The normalized spacial score (nSPS) is 10.9. The Bertz CT molecular complexity index is 986. The van der Waals surface area contributed by atoms with E-state index in [0.29, 0.717) is 28.4 Å². The number of nitrogens with two attached hydrogens (primary N) is 2. The third-order valence-corrected chi connectivity index (χ3v) is 5.12. The summed E-state index contributed by atoms with van der Waals surface area (Å²) in [6.07, 6.45) is 3.01. The number of nitrogens with zero attached hydrogens (tertiary/aromatic N) is 2. The van der Waals surface area contributed by atoms with E-state index in [-0.39, 0.29) is 5.95 Å². The molecule has 0 bridgehead atoms. The molecule has 134 valence electrons. The fourth-order valence-corrected chi connectivity index (χ4v) is 3.59. The van der Waals surface area contributed by atoms with Crippen LogP contribution in [0.3, 0.4) is 0 Å². The summed E-state index contributed by atoms with van der Waals surface area (Å²) in [6, 6.07) is 7.49. The minimum absolute atomic E-state index is 0.167. The van der Waals surface area contributed by atoms with Gasteiger partial charge < -0.3 is 16.5 Å². The number of hydrogen-bond acceptors (Lipinski definition) is 4. The molecule has 0 spiro atoms. The molecule has 0 aliphatic rings. The minimum Gasteiger partial charge on any atom is -0.368 e. The summed E-state index contributed by atoms with van der Waals surface area (Å²) in [5, 5.41) is 0.655. The van der Waals surface area contributed by atoms with Crippen molar-refractivity contribution in [2.45, 2.75) is 19.8 Å². The SMILES string of the molecule is CCc1ccc(Cl)cc1Cc1[nH]c(-c2nc(N)ncc2I)cc1C(N)=O. The second-order valence-electron chi connectivity index (χ2n) is 5.81. The third-order valence-electron chi connectivity index (χ3n) is 4.10. The standard InChI is InChI=1S/C18H17ClIN5O/c1-2-9-3-4-11(19)5-10(9)6-14-12(17(21)26)7-15(24-14)16-13(20)8-23-18(22)25-16/h3-5,7-8,24H,2,6H2,1H3,(H2,21,26)(H2,22,23,25). The monoisotopic (exact) mass is 481 g/mol. The van der Waals surface area contributed by atoms with Gasteiger partial charge in [-0.25, -0.2) is 9.97 Å². The number of aromatic nitrogens is 3. The number of carbonyl (C=O) groups excluding carboxylic acids is 1. The lowest BCUT2D eigenvalue weighted by Gasteiger charge is -2.09. The number of aryl methyl sites for hydroxylation is 1. The molecule has 0 atom stereocenters. The fourth-order valence-electron chi connectivity index (χ4n) is 2.85. The lowest BCUT2D eigenvalue weighted by atomic mass is 9.99. The number of H-pyrrole nitrogens is 1. The van der Waals surface area contributed by atoms with Gasteiger partial charge in [0, 0.05) is 23.3 Å². The molecule has 6 nitrogen and oxygen atoms in total. The van der Waals surface area contributed by atoms with Crippen molar-refractivity contribution in [1.29, 1.82) is 0 Å². The predicted octanol–water partition coefficient (Wildman–Crippen LogP) is 3.56. The van der Waals surface area contributed by atoms with Gasteiger partial charge in [-0.15, -0.1) is 0 Å². The maximum atomic E-state index is 11.9. The van der Waals surface area contributed by atoms with Crippen molar-refractivity contribution in [2.24, 2.45) is 5.73 Å². The number of amides is 1. The number of aromatic amines is 1. The highest BCUT2D eigenvalue weighted by Crippen LogP contribution is 2.27. The lowest BCUT2D eigenvalue weighted by Crippen LogP contribution is -2.12. The molecule has 0 aliphatic carbocycles. The van der Waals surface area contributed by atoms with Gasteiger partial charge in [0.1, 0.15) is 5.69 Å². The molecule has 1 amide bonds. The highest BCUT2D eigenvalue weighted by Gasteiger charge is 2.18. The Morgan fingerprint density at radius 2 is 2.08 bits per heavy atom. The molecule has 8 heteroatoms. The van der Waals surface area contributed by atoms with E-state index in [1.54, 1.807) is 12.3 Å². The summed E-state index contributed by atoms with van der Waals surface area (Å²) in [7, 11) is 0. The zero-order chi connectivity index (χ0) is 18.8. The van der Waals surface area contributed by atoms with Gasteiger partial charge in [-0.3, -0.25) is 4.79 Å². The predicted molar refractivity (Wildman–Crippen MR) is 111 cm³/mol. The fraction of sp³-hybridized carbons (Fsp3) is 0.167. The Morgan fingerprint density at radius 1 is 1.31 bits per heavy atom. The van der Waals surface area contributed by atoms with Gasteiger partial charge in [0.15, 0.2) is 0 Å². The number of hydrogen-bond donors (Lipinski definition) is 3. The Balaban J connectivity index is 2.08. The van der Waals surface area contributed by atoms with Gasteiger partial charge in [-0.05, 0) is 58.3 Å². The molecule has 0 radical (unpaired) electrons. The molecule has 2 aromatic heterocycles. The van der Waals surface area contributed by atoms with Crippen molar-refractivity contribution in [1.82, 2.24) is 15.0 Å². The van der Waals surface area contributed by atoms with Crippen LogP contribution in [0.15, 0.2) is 30.5 Å². The molecule has 0 fully saturated rings. The van der Waals surface area contributed by atoms with E-state index < -0.39 is 5.91 Å². The van der Waals surface area contributed by atoms with E-state index in [1.807, 2.05) is 18.2 Å². The molecule has 0 saturated carbocycles. The van der Waals surface area contributed by atoms with Crippen LogP contribution in [0.1, 0.15) is 34.1 Å². The molecule has 0 aliphatic heterocycles. The quantitative estimate of drug-likeness (QED) is 0.484. The molecular weight excluding hydrogens is 465 g/mol. The molecular formula is C18H17ClIN5O. The van der Waals surface area contributed by atoms with Crippen LogP contribution in [-0.2, 0) is 12.8 Å². The van der Waals surface area contributed by atoms with Crippen molar-refractivity contribution in [3.63, 3.8) is 0 Å². The zero-order valence-corrected chi connectivity index (χ0v) is 16.9. The van der Waals surface area contributed by atoms with Crippen LogP contribution in [0.5, 0.6) is 0 Å². The Morgan fingerprint density at radius 3 is 2.77 bits per heavy atom. The number of carbonyl (C=O) groups is 1. The second-order valence-corrected chi connectivity index (χ2v) is 7.41. The molecule has 3 rings (SSSR count). The Hall–Kier alpha value is -2.13. The molecule has 5 N–H and O–H groups in total. The van der Waals surface area contributed by atoms with E-state index in [4.69, 9.17) is 23.1 Å². The first kappa shape index (κ1) is 18.7. The number of nitrogen functional groups attached to an aromatic ring is 1. The van der Waals surface area contributed by atoms with Crippen molar-refractivity contribution in [3.8, 4) is 11.4 Å². The largest absolute Gasteiger partial charge is 0.368 e. The van der Waals surface area contributed by atoms with Crippen LogP contribution in [0.4, 0.5) is 5.95 Å². The third kappa shape index (κ3) is 3.83. The summed E-state index contributed by atoms with van der Waals surface area (Å²) in [5.74, 6) is -0.333. The van der Waals surface area contributed by atoms with Gasteiger partial charge in [0.2, 0.25) is 5.95 Å². The molecule has 0 unspecified atom stereocenters. The maximum absolute atomic E-state index is 11.9. The topological polar surface area (TPSA) is 111 Å². The van der Waals surface area contributed by atoms with Crippen LogP contribution < -0.4 is 11.5 Å². The number of anilines is 1. The van der Waals surface area contributed by atoms with Gasteiger partial charge in [0.05, 0.1) is 14.8 Å². The van der Waals surface area contributed by atoms with Crippen molar-refractivity contribution in [3.05, 3.63) is 61.4 Å². The van der Waals surface area contributed by atoms with E-state index in [0.717, 1.165) is 21.2 Å². The number of rotatable bonds is 5. The number of primary amides is 1. The average molecular weight is 482 g/mol. The van der Waals surface area contributed by atoms with Crippen LogP contribution in [-0.4, -0.2) is 20.9 Å². The van der Waals surface area contributed by atoms with Crippen LogP contribution in [0.25, 0.3) is 11.4 Å². The van der Waals surface area contributed by atoms with E-state index in [1.165, 1.54) is 5.56 Å². The summed E-state index contributed by atoms with van der Waals surface area (Å²) in [5.41, 5.74) is 16.0. The molecule has 1 aromatic carbocycles. The molecule has 0 saturated heterocycles. The van der Waals surface area contributed by atoms with Crippen molar-refractivity contribution < 1.29 is 4.79 Å². The highest BCUT2D eigenvalue weighted by atomic mass is 127. The minimum atomic E-state index is -0.500. The summed E-state index contributed by atoms with van der Waals surface area (Å²) < 4.78 is 0.817. The molecule has 2 heterocycles. The summed E-state index contributed by atoms with van der Waals surface area (Å²) in [6.45, 7) is 2.08. The maximum Gasteiger partial charge on any atom is 0.250 e. The van der Waals surface area contributed by atoms with Crippen LogP contribution in [0, 0.1) is 3.57 Å². The molecule has 26 heavy (non-hydrogen) atoms. The van der Waals surface area contributed by atoms with Crippen LogP contribution >= 0.6 is 34.2 Å². The first-order valence-electron chi connectivity index (χ1n) is 7.96. The van der Waals surface area contributed by atoms with E-state index >= 15 is 0 Å². The first-order chi connectivity index (χ1) is 12.4. The van der Waals surface area contributed by atoms with Gasteiger partial charge in [0.25, 0.3) is 5.91 Å². The summed E-state index contributed by atoms with van der Waals surface area (Å²) >= 11 is 8.27.